The highest BCUT2D eigenvalue weighted by Gasteiger charge is 2.25. The van der Waals surface area contributed by atoms with Crippen LogP contribution in [0, 0.1) is 5.92 Å². The van der Waals surface area contributed by atoms with Gasteiger partial charge in [-0.25, -0.2) is 0 Å². The predicted molar refractivity (Wildman–Crippen MR) is 83.5 cm³/mol. The van der Waals surface area contributed by atoms with E-state index in [1.165, 1.54) is 43.2 Å². The van der Waals surface area contributed by atoms with Gasteiger partial charge in [-0.1, -0.05) is 57.9 Å². The molecule has 0 amide bonds. The van der Waals surface area contributed by atoms with E-state index in [9.17, 15) is 0 Å². The zero-order chi connectivity index (χ0) is 13.7. The summed E-state index contributed by atoms with van der Waals surface area (Å²) in [5.74, 6) is 1.47. The summed E-state index contributed by atoms with van der Waals surface area (Å²) in [6.07, 6.45) is 6.84. The molecule has 1 unspecified atom stereocenters. The fourth-order valence-electron chi connectivity index (χ4n) is 3.24. The summed E-state index contributed by atoms with van der Waals surface area (Å²) >= 11 is 0. The van der Waals surface area contributed by atoms with Crippen molar-refractivity contribution in [3.05, 3.63) is 35.4 Å². The first-order valence-corrected chi connectivity index (χ1v) is 8.05. The Morgan fingerprint density at radius 2 is 1.63 bits per heavy atom. The van der Waals surface area contributed by atoms with Gasteiger partial charge < -0.3 is 5.32 Å². The van der Waals surface area contributed by atoms with Crippen LogP contribution >= 0.6 is 0 Å². The summed E-state index contributed by atoms with van der Waals surface area (Å²) < 4.78 is 0. The molecule has 1 fully saturated rings. The average Bonchev–Trinajstić information content (AvgIpc) is 2.94. The summed E-state index contributed by atoms with van der Waals surface area (Å²) in [6, 6.07) is 9.90. The summed E-state index contributed by atoms with van der Waals surface area (Å²) in [7, 11) is 0. The predicted octanol–water partition coefficient (Wildman–Crippen LogP) is 5.04. The van der Waals surface area contributed by atoms with Crippen molar-refractivity contribution in [3.8, 4) is 0 Å². The van der Waals surface area contributed by atoms with Crippen molar-refractivity contribution < 1.29 is 0 Å². The lowest BCUT2D eigenvalue weighted by atomic mass is 9.90. The van der Waals surface area contributed by atoms with Gasteiger partial charge in [0.2, 0.25) is 0 Å². The van der Waals surface area contributed by atoms with Gasteiger partial charge in [-0.2, -0.15) is 0 Å². The van der Waals surface area contributed by atoms with E-state index in [1.54, 1.807) is 0 Å². The second kappa shape index (κ2) is 7.09. The van der Waals surface area contributed by atoms with Crippen molar-refractivity contribution in [1.29, 1.82) is 0 Å². The van der Waals surface area contributed by atoms with Crippen LogP contribution < -0.4 is 5.32 Å². The quantitative estimate of drug-likeness (QED) is 0.754. The van der Waals surface area contributed by atoms with Crippen LogP contribution in [0.3, 0.4) is 0 Å². The minimum absolute atomic E-state index is 0.573. The van der Waals surface area contributed by atoms with Gasteiger partial charge >= 0.3 is 0 Å². The molecule has 1 N–H and O–H groups in total. The molecule has 1 heteroatoms. The Bertz CT molecular complexity index is 360. The molecule has 1 aromatic rings. The summed E-state index contributed by atoms with van der Waals surface area (Å²) in [4.78, 5) is 0. The molecule has 1 nitrogen and oxygen atoms in total. The van der Waals surface area contributed by atoms with Crippen molar-refractivity contribution in [2.75, 3.05) is 6.54 Å². The van der Waals surface area contributed by atoms with Crippen LogP contribution in [0.25, 0.3) is 0 Å². The molecule has 2 rings (SSSR count). The summed E-state index contributed by atoms with van der Waals surface area (Å²) in [5, 5.41) is 3.78. The van der Waals surface area contributed by atoms with Crippen molar-refractivity contribution in [2.24, 2.45) is 5.92 Å². The standard InChI is InChI=1S/C18H29N/c1-4-13-19-18(16-7-5-6-8-16)17-11-9-15(10-12-17)14(2)3/h9-12,14,16,18-19H,4-8,13H2,1-3H3. The molecule has 1 aliphatic carbocycles. The lowest BCUT2D eigenvalue weighted by Gasteiger charge is -2.25. The lowest BCUT2D eigenvalue weighted by Crippen LogP contribution is -2.27. The second-order valence-electron chi connectivity index (χ2n) is 6.30. The number of benzene rings is 1. The molecule has 1 atom stereocenters. The number of hydrogen-bond donors (Lipinski definition) is 1. The Morgan fingerprint density at radius 1 is 1.05 bits per heavy atom. The Kier molecular flexibility index (Phi) is 5.45. The lowest BCUT2D eigenvalue weighted by molar-refractivity contribution is 0.368. The second-order valence-corrected chi connectivity index (χ2v) is 6.30. The third kappa shape index (κ3) is 3.82. The van der Waals surface area contributed by atoms with E-state index in [0.717, 1.165) is 12.5 Å². The molecule has 0 bridgehead atoms. The van der Waals surface area contributed by atoms with Crippen LogP contribution in [0.1, 0.15) is 76.0 Å². The monoisotopic (exact) mass is 259 g/mol. The average molecular weight is 259 g/mol. The van der Waals surface area contributed by atoms with Gasteiger partial charge in [0, 0.05) is 6.04 Å². The molecule has 19 heavy (non-hydrogen) atoms. The molecule has 0 aliphatic heterocycles. The Balaban J connectivity index is 2.11. The zero-order valence-electron chi connectivity index (χ0n) is 12.8. The molecular formula is C18H29N. The van der Waals surface area contributed by atoms with Crippen LogP contribution in [0.2, 0.25) is 0 Å². The molecule has 0 radical (unpaired) electrons. The third-order valence-electron chi connectivity index (χ3n) is 4.45. The van der Waals surface area contributed by atoms with Gasteiger partial charge in [0.25, 0.3) is 0 Å². The SMILES string of the molecule is CCCNC(c1ccc(C(C)C)cc1)C1CCCC1. The molecule has 0 heterocycles. The van der Waals surface area contributed by atoms with Gasteiger partial charge in [0.15, 0.2) is 0 Å². The van der Waals surface area contributed by atoms with Gasteiger partial charge in [0.05, 0.1) is 0 Å². The van der Waals surface area contributed by atoms with Crippen LogP contribution in [0.4, 0.5) is 0 Å². The van der Waals surface area contributed by atoms with E-state index in [2.05, 4.69) is 50.4 Å². The minimum Gasteiger partial charge on any atom is -0.310 e. The first-order chi connectivity index (χ1) is 9.22. The maximum absolute atomic E-state index is 3.78. The molecule has 1 aliphatic rings. The largest absolute Gasteiger partial charge is 0.310 e. The zero-order valence-corrected chi connectivity index (χ0v) is 12.8. The van der Waals surface area contributed by atoms with Crippen LogP contribution in [0.15, 0.2) is 24.3 Å². The Hall–Kier alpha value is -0.820. The fraction of sp³-hybridized carbons (Fsp3) is 0.667. The molecule has 1 saturated carbocycles. The molecule has 106 valence electrons. The van der Waals surface area contributed by atoms with E-state index < -0.39 is 0 Å². The molecule has 0 saturated heterocycles. The van der Waals surface area contributed by atoms with Crippen LogP contribution in [0.5, 0.6) is 0 Å². The molecule has 0 aromatic heterocycles. The summed E-state index contributed by atoms with van der Waals surface area (Å²) in [6.45, 7) is 7.91. The smallest absolute Gasteiger partial charge is 0.0348 e. The third-order valence-corrected chi connectivity index (χ3v) is 4.45. The van der Waals surface area contributed by atoms with Crippen molar-refractivity contribution >= 4 is 0 Å². The highest BCUT2D eigenvalue weighted by atomic mass is 14.9. The van der Waals surface area contributed by atoms with E-state index in [4.69, 9.17) is 0 Å². The number of rotatable bonds is 6. The summed E-state index contributed by atoms with van der Waals surface area (Å²) in [5.41, 5.74) is 2.94. The number of hydrogen-bond acceptors (Lipinski definition) is 1. The van der Waals surface area contributed by atoms with E-state index >= 15 is 0 Å². The van der Waals surface area contributed by atoms with E-state index in [1.807, 2.05) is 0 Å². The Morgan fingerprint density at radius 3 is 2.16 bits per heavy atom. The first kappa shape index (κ1) is 14.6. The van der Waals surface area contributed by atoms with Gasteiger partial charge in [-0.05, 0) is 48.8 Å². The highest BCUT2D eigenvalue weighted by Crippen LogP contribution is 2.36. The van der Waals surface area contributed by atoms with E-state index in [0.29, 0.717) is 12.0 Å². The molecule has 1 aromatic carbocycles. The van der Waals surface area contributed by atoms with E-state index in [-0.39, 0.29) is 0 Å². The topological polar surface area (TPSA) is 12.0 Å². The molecule has 0 spiro atoms. The first-order valence-electron chi connectivity index (χ1n) is 8.05. The van der Waals surface area contributed by atoms with Crippen molar-refractivity contribution in [2.45, 2.75) is 64.8 Å². The van der Waals surface area contributed by atoms with Crippen LogP contribution in [-0.2, 0) is 0 Å². The van der Waals surface area contributed by atoms with Gasteiger partial charge in [-0.15, -0.1) is 0 Å². The molecular weight excluding hydrogens is 230 g/mol. The highest BCUT2D eigenvalue weighted by molar-refractivity contribution is 5.27. The maximum Gasteiger partial charge on any atom is 0.0348 e. The maximum atomic E-state index is 3.78. The number of nitrogens with one attached hydrogen (secondary N) is 1. The minimum atomic E-state index is 0.573. The van der Waals surface area contributed by atoms with Crippen molar-refractivity contribution in [3.63, 3.8) is 0 Å². The van der Waals surface area contributed by atoms with Crippen molar-refractivity contribution in [1.82, 2.24) is 5.32 Å². The van der Waals surface area contributed by atoms with Gasteiger partial charge in [0.1, 0.15) is 0 Å². The Labute approximate surface area is 118 Å². The fourth-order valence-corrected chi connectivity index (χ4v) is 3.24. The van der Waals surface area contributed by atoms with Gasteiger partial charge in [-0.3, -0.25) is 0 Å². The van der Waals surface area contributed by atoms with Crippen LogP contribution in [-0.4, -0.2) is 6.54 Å². The normalized spacial score (nSPS) is 18.1.